The van der Waals surface area contributed by atoms with E-state index in [0.717, 1.165) is 25.2 Å². The Balaban J connectivity index is 1.88. The summed E-state index contributed by atoms with van der Waals surface area (Å²) < 4.78 is 0. The molecular formula is C20H40O3. The largest absolute Gasteiger partial charge is 0.390 e. The Labute approximate surface area is 143 Å². The van der Waals surface area contributed by atoms with Gasteiger partial charge in [-0.1, -0.05) is 78.1 Å². The summed E-state index contributed by atoms with van der Waals surface area (Å²) in [6, 6.07) is 0. The molecule has 1 rings (SSSR count). The topological polar surface area (TPSA) is 60.7 Å². The lowest BCUT2D eigenvalue weighted by Gasteiger charge is -2.35. The summed E-state index contributed by atoms with van der Waals surface area (Å²) >= 11 is 0. The van der Waals surface area contributed by atoms with E-state index in [-0.39, 0.29) is 5.92 Å². The molecule has 1 aliphatic rings. The predicted molar refractivity (Wildman–Crippen MR) is 96.4 cm³/mol. The van der Waals surface area contributed by atoms with Gasteiger partial charge in [-0.05, 0) is 31.1 Å². The van der Waals surface area contributed by atoms with E-state index in [4.69, 9.17) is 0 Å². The molecule has 0 bridgehead atoms. The van der Waals surface area contributed by atoms with Crippen LogP contribution in [0, 0.1) is 11.8 Å². The van der Waals surface area contributed by atoms with Gasteiger partial charge >= 0.3 is 0 Å². The Hall–Kier alpha value is -0.120. The fourth-order valence-electron chi connectivity index (χ4n) is 3.74. The van der Waals surface area contributed by atoms with E-state index in [9.17, 15) is 15.3 Å². The van der Waals surface area contributed by atoms with Gasteiger partial charge in [-0.3, -0.25) is 0 Å². The third-order valence-corrected chi connectivity index (χ3v) is 5.42. The minimum Gasteiger partial charge on any atom is -0.390 e. The monoisotopic (exact) mass is 328 g/mol. The van der Waals surface area contributed by atoms with Gasteiger partial charge in [0.1, 0.15) is 6.10 Å². The summed E-state index contributed by atoms with van der Waals surface area (Å²) in [6.07, 6.45) is 13.3. The molecule has 1 fully saturated rings. The van der Waals surface area contributed by atoms with Crippen LogP contribution in [0.15, 0.2) is 0 Å². The van der Waals surface area contributed by atoms with Crippen molar-refractivity contribution in [1.29, 1.82) is 0 Å². The fraction of sp³-hybridized carbons (Fsp3) is 1.00. The molecule has 0 heterocycles. The number of unbranched alkanes of at least 4 members (excludes halogenated alkanes) is 8. The molecular weight excluding hydrogens is 288 g/mol. The molecule has 0 aromatic rings. The SMILES string of the molecule is CC(C)CCCCCCCCCCCC1CCC(O)C(O)C1O. The van der Waals surface area contributed by atoms with Gasteiger partial charge in [0, 0.05) is 0 Å². The lowest BCUT2D eigenvalue weighted by Crippen LogP contribution is -2.46. The first kappa shape index (κ1) is 20.9. The standard InChI is InChI=1S/C20H40O3/c1-16(2)12-10-8-6-4-3-5-7-9-11-13-17-14-15-18(21)20(23)19(17)22/h16-23H,3-15H2,1-2H3. The van der Waals surface area contributed by atoms with Crippen molar-refractivity contribution in [2.75, 3.05) is 0 Å². The molecule has 0 amide bonds. The second-order valence-corrected chi connectivity index (χ2v) is 8.04. The number of aliphatic hydroxyl groups excluding tert-OH is 3. The Morgan fingerprint density at radius 2 is 1.22 bits per heavy atom. The predicted octanol–water partition coefficient (Wildman–Crippen LogP) is 4.43. The molecule has 3 nitrogen and oxygen atoms in total. The van der Waals surface area contributed by atoms with E-state index in [1.165, 1.54) is 57.8 Å². The van der Waals surface area contributed by atoms with Gasteiger partial charge in [0.15, 0.2) is 0 Å². The second-order valence-electron chi connectivity index (χ2n) is 8.04. The van der Waals surface area contributed by atoms with Crippen molar-refractivity contribution >= 4 is 0 Å². The minimum atomic E-state index is -0.940. The van der Waals surface area contributed by atoms with Crippen LogP contribution < -0.4 is 0 Å². The fourth-order valence-corrected chi connectivity index (χ4v) is 3.74. The molecule has 4 unspecified atom stereocenters. The third kappa shape index (κ3) is 9.07. The first-order chi connectivity index (χ1) is 11.0. The smallest absolute Gasteiger partial charge is 0.106 e. The highest BCUT2D eigenvalue weighted by Gasteiger charge is 2.35. The van der Waals surface area contributed by atoms with E-state index in [0.29, 0.717) is 6.42 Å². The van der Waals surface area contributed by atoms with E-state index in [1.807, 2.05) is 0 Å². The summed E-state index contributed by atoms with van der Waals surface area (Å²) in [5, 5.41) is 29.2. The van der Waals surface area contributed by atoms with E-state index < -0.39 is 18.3 Å². The Morgan fingerprint density at radius 3 is 1.78 bits per heavy atom. The highest BCUT2D eigenvalue weighted by atomic mass is 16.4. The number of rotatable bonds is 12. The molecule has 0 aromatic heterocycles. The van der Waals surface area contributed by atoms with Crippen LogP contribution in [0.5, 0.6) is 0 Å². The zero-order valence-corrected chi connectivity index (χ0v) is 15.4. The number of aliphatic hydroxyl groups is 3. The van der Waals surface area contributed by atoms with Crippen molar-refractivity contribution in [2.24, 2.45) is 11.8 Å². The highest BCUT2D eigenvalue weighted by molar-refractivity contribution is 4.87. The van der Waals surface area contributed by atoms with Crippen LogP contribution in [-0.2, 0) is 0 Å². The molecule has 3 heteroatoms. The van der Waals surface area contributed by atoms with Gasteiger partial charge in [-0.15, -0.1) is 0 Å². The Kier molecular flexibility index (Phi) is 11.2. The maximum Gasteiger partial charge on any atom is 0.106 e. The molecule has 1 saturated carbocycles. The van der Waals surface area contributed by atoms with E-state index in [2.05, 4.69) is 13.8 Å². The van der Waals surface area contributed by atoms with Crippen molar-refractivity contribution < 1.29 is 15.3 Å². The van der Waals surface area contributed by atoms with E-state index in [1.54, 1.807) is 0 Å². The summed E-state index contributed by atoms with van der Waals surface area (Å²) in [5.41, 5.74) is 0. The van der Waals surface area contributed by atoms with Crippen molar-refractivity contribution in [3.8, 4) is 0 Å². The molecule has 0 radical (unpaired) electrons. The van der Waals surface area contributed by atoms with Gasteiger partial charge in [0.2, 0.25) is 0 Å². The molecule has 3 N–H and O–H groups in total. The number of hydrogen-bond donors (Lipinski definition) is 3. The van der Waals surface area contributed by atoms with Crippen LogP contribution in [-0.4, -0.2) is 33.6 Å². The maximum absolute atomic E-state index is 9.98. The first-order valence-electron chi connectivity index (χ1n) is 10.1. The molecule has 23 heavy (non-hydrogen) atoms. The van der Waals surface area contributed by atoms with Gasteiger partial charge < -0.3 is 15.3 Å². The van der Waals surface area contributed by atoms with Crippen LogP contribution in [0.25, 0.3) is 0 Å². The average molecular weight is 329 g/mol. The zero-order chi connectivity index (χ0) is 17.1. The van der Waals surface area contributed by atoms with Crippen LogP contribution in [0.1, 0.15) is 97.3 Å². The summed E-state index contributed by atoms with van der Waals surface area (Å²) in [4.78, 5) is 0. The number of hydrogen-bond acceptors (Lipinski definition) is 3. The quantitative estimate of drug-likeness (QED) is 0.465. The molecule has 0 spiro atoms. The molecule has 1 aliphatic carbocycles. The van der Waals surface area contributed by atoms with Gasteiger partial charge in [-0.2, -0.15) is 0 Å². The maximum atomic E-state index is 9.98. The molecule has 0 aromatic carbocycles. The van der Waals surface area contributed by atoms with Crippen molar-refractivity contribution in [2.45, 2.75) is 116 Å². The van der Waals surface area contributed by atoms with Crippen LogP contribution in [0.3, 0.4) is 0 Å². The normalized spacial score (nSPS) is 28.4. The molecule has 4 atom stereocenters. The van der Waals surface area contributed by atoms with Crippen LogP contribution in [0.4, 0.5) is 0 Å². The first-order valence-corrected chi connectivity index (χ1v) is 10.1. The molecule has 0 saturated heterocycles. The van der Waals surface area contributed by atoms with Crippen LogP contribution in [0.2, 0.25) is 0 Å². The van der Waals surface area contributed by atoms with Gasteiger partial charge in [-0.25, -0.2) is 0 Å². The summed E-state index contributed by atoms with van der Waals surface area (Å²) in [6.45, 7) is 4.60. The van der Waals surface area contributed by atoms with Gasteiger partial charge in [0.05, 0.1) is 12.2 Å². The van der Waals surface area contributed by atoms with E-state index >= 15 is 0 Å². The van der Waals surface area contributed by atoms with Crippen molar-refractivity contribution in [3.63, 3.8) is 0 Å². The van der Waals surface area contributed by atoms with Crippen LogP contribution >= 0.6 is 0 Å². The lowest BCUT2D eigenvalue weighted by molar-refractivity contribution is -0.111. The average Bonchev–Trinajstić information content (AvgIpc) is 2.52. The van der Waals surface area contributed by atoms with Crippen molar-refractivity contribution in [1.82, 2.24) is 0 Å². The Morgan fingerprint density at radius 1 is 0.696 bits per heavy atom. The minimum absolute atomic E-state index is 0.175. The summed E-state index contributed by atoms with van der Waals surface area (Å²) in [5.74, 6) is 1.02. The van der Waals surface area contributed by atoms with Crippen molar-refractivity contribution in [3.05, 3.63) is 0 Å². The third-order valence-electron chi connectivity index (χ3n) is 5.42. The molecule has 0 aliphatic heterocycles. The highest BCUT2D eigenvalue weighted by Crippen LogP contribution is 2.29. The summed E-state index contributed by atoms with van der Waals surface area (Å²) in [7, 11) is 0. The lowest BCUT2D eigenvalue weighted by atomic mass is 9.80. The Bertz CT molecular complexity index is 280. The van der Waals surface area contributed by atoms with Gasteiger partial charge in [0.25, 0.3) is 0 Å². The second kappa shape index (κ2) is 12.3. The molecule has 138 valence electrons. The zero-order valence-electron chi connectivity index (χ0n) is 15.4.